The highest BCUT2D eigenvalue weighted by atomic mass is 35.5. The molecule has 0 amide bonds. The maximum Gasteiger partial charge on any atom is 0.347 e. The van der Waals surface area contributed by atoms with E-state index >= 15 is 0 Å². The van der Waals surface area contributed by atoms with Crippen LogP contribution in [0.5, 0.6) is 0 Å². The van der Waals surface area contributed by atoms with Gasteiger partial charge in [0.1, 0.15) is 9.88 Å². The summed E-state index contributed by atoms with van der Waals surface area (Å²) in [6.07, 6.45) is -0.0884. The molecular formula is C15H15ClN2O4S. The van der Waals surface area contributed by atoms with Gasteiger partial charge in [0.15, 0.2) is 0 Å². The van der Waals surface area contributed by atoms with E-state index in [1.165, 1.54) is 0 Å². The van der Waals surface area contributed by atoms with Gasteiger partial charge >= 0.3 is 11.9 Å². The summed E-state index contributed by atoms with van der Waals surface area (Å²) in [6, 6.07) is 5.10. The van der Waals surface area contributed by atoms with Crippen molar-refractivity contribution in [2.75, 3.05) is 6.54 Å². The molecule has 1 unspecified atom stereocenters. The number of carboxylic acids is 2. The zero-order chi connectivity index (χ0) is 17.1. The molecule has 1 aromatic heterocycles. The van der Waals surface area contributed by atoms with Crippen LogP contribution >= 0.6 is 22.9 Å². The first-order valence-corrected chi connectivity index (χ1v) is 7.95. The van der Waals surface area contributed by atoms with Gasteiger partial charge in [-0.1, -0.05) is 17.7 Å². The van der Waals surface area contributed by atoms with E-state index in [9.17, 15) is 9.59 Å². The summed E-state index contributed by atoms with van der Waals surface area (Å²) in [5.41, 5.74) is 7.39. The van der Waals surface area contributed by atoms with Crippen molar-refractivity contribution in [3.8, 4) is 10.6 Å². The van der Waals surface area contributed by atoms with Crippen molar-refractivity contribution in [1.82, 2.24) is 4.98 Å². The average Bonchev–Trinajstić information content (AvgIpc) is 2.87. The molecule has 122 valence electrons. The summed E-state index contributed by atoms with van der Waals surface area (Å²) >= 11 is 7.23. The van der Waals surface area contributed by atoms with Gasteiger partial charge in [0.25, 0.3) is 0 Å². The third-order valence-electron chi connectivity index (χ3n) is 3.39. The van der Waals surface area contributed by atoms with Crippen LogP contribution in [0.1, 0.15) is 33.3 Å². The number of aromatic nitrogens is 1. The first-order chi connectivity index (χ1) is 10.8. The quantitative estimate of drug-likeness (QED) is 0.734. The number of thiazole rings is 1. The lowest BCUT2D eigenvalue weighted by Crippen LogP contribution is -2.16. The minimum atomic E-state index is -1.04. The molecule has 8 heteroatoms. The molecule has 1 aromatic carbocycles. The van der Waals surface area contributed by atoms with Crippen LogP contribution in [0.3, 0.4) is 0 Å². The third-order valence-corrected chi connectivity index (χ3v) is 4.90. The Balaban J connectivity index is 2.47. The molecule has 6 nitrogen and oxygen atoms in total. The van der Waals surface area contributed by atoms with Crippen LogP contribution in [0.2, 0.25) is 5.02 Å². The molecule has 0 fully saturated rings. The fourth-order valence-corrected chi connectivity index (χ4v) is 3.42. The van der Waals surface area contributed by atoms with Crippen molar-refractivity contribution in [3.05, 3.63) is 39.4 Å². The van der Waals surface area contributed by atoms with Crippen molar-refractivity contribution < 1.29 is 19.8 Å². The van der Waals surface area contributed by atoms with Crippen LogP contribution in [0, 0.1) is 6.92 Å². The van der Waals surface area contributed by atoms with Gasteiger partial charge in [0.05, 0.1) is 17.1 Å². The van der Waals surface area contributed by atoms with Crippen LogP contribution in [0.25, 0.3) is 10.6 Å². The van der Waals surface area contributed by atoms with E-state index in [0.29, 0.717) is 21.3 Å². The van der Waals surface area contributed by atoms with Gasteiger partial charge in [-0.2, -0.15) is 0 Å². The smallest absolute Gasteiger partial charge is 0.347 e. The van der Waals surface area contributed by atoms with Crippen LogP contribution in [0.15, 0.2) is 18.2 Å². The van der Waals surface area contributed by atoms with E-state index in [0.717, 1.165) is 16.9 Å². The Kier molecular flexibility index (Phi) is 5.35. The Bertz CT molecular complexity index is 760. The molecule has 0 aliphatic carbocycles. The molecule has 4 N–H and O–H groups in total. The molecule has 0 saturated heterocycles. The number of benzene rings is 1. The Morgan fingerprint density at radius 1 is 1.39 bits per heavy atom. The Morgan fingerprint density at radius 3 is 2.61 bits per heavy atom. The fourth-order valence-electron chi connectivity index (χ4n) is 2.22. The predicted octanol–water partition coefficient (Wildman–Crippen LogP) is 2.99. The first-order valence-electron chi connectivity index (χ1n) is 6.75. The van der Waals surface area contributed by atoms with Crippen molar-refractivity contribution in [2.45, 2.75) is 19.3 Å². The zero-order valence-electron chi connectivity index (χ0n) is 12.2. The second-order valence-electron chi connectivity index (χ2n) is 5.01. The number of aryl methyl sites for hydroxylation is 1. The second-order valence-corrected chi connectivity index (χ2v) is 6.41. The molecule has 0 saturated carbocycles. The molecule has 0 aliphatic heterocycles. The van der Waals surface area contributed by atoms with Crippen molar-refractivity contribution >= 4 is 34.9 Å². The highest BCUT2D eigenvalue weighted by Gasteiger charge is 2.19. The summed E-state index contributed by atoms with van der Waals surface area (Å²) in [5, 5.41) is 19.0. The van der Waals surface area contributed by atoms with Crippen molar-refractivity contribution in [2.24, 2.45) is 5.73 Å². The second kappa shape index (κ2) is 7.08. The summed E-state index contributed by atoms with van der Waals surface area (Å²) in [7, 11) is 0. The minimum absolute atomic E-state index is 0.0884. The fraction of sp³-hybridized carbons (Fsp3) is 0.267. The van der Waals surface area contributed by atoms with Gasteiger partial charge in [-0.05, 0) is 31.2 Å². The van der Waals surface area contributed by atoms with Gasteiger partial charge in [0.2, 0.25) is 0 Å². The molecule has 1 atom stereocenters. The number of nitrogens with zero attached hydrogens (tertiary/aromatic N) is 1. The van der Waals surface area contributed by atoms with Gasteiger partial charge in [-0.3, -0.25) is 4.79 Å². The van der Waals surface area contributed by atoms with Crippen LogP contribution in [-0.4, -0.2) is 33.7 Å². The molecule has 0 aliphatic rings. The molecule has 23 heavy (non-hydrogen) atoms. The highest BCUT2D eigenvalue weighted by molar-refractivity contribution is 7.17. The number of hydrogen-bond donors (Lipinski definition) is 3. The van der Waals surface area contributed by atoms with Crippen LogP contribution in [0.4, 0.5) is 0 Å². The first kappa shape index (κ1) is 17.4. The summed E-state index contributed by atoms with van der Waals surface area (Å²) in [5.74, 6) is -2.32. The summed E-state index contributed by atoms with van der Waals surface area (Å²) < 4.78 is 0. The number of carbonyl (C=O) groups is 2. The van der Waals surface area contributed by atoms with Crippen molar-refractivity contribution in [1.29, 1.82) is 0 Å². The maximum atomic E-state index is 11.1. The van der Waals surface area contributed by atoms with Crippen LogP contribution < -0.4 is 5.73 Å². The molecule has 0 spiro atoms. The van der Waals surface area contributed by atoms with E-state index < -0.39 is 11.9 Å². The lowest BCUT2D eigenvalue weighted by Gasteiger charge is -2.14. The molecule has 2 aromatic rings. The van der Waals surface area contributed by atoms with E-state index in [-0.39, 0.29) is 23.8 Å². The number of halogens is 1. The van der Waals surface area contributed by atoms with E-state index in [4.69, 9.17) is 27.5 Å². The van der Waals surface area contributed by atoms with Gasteiger partial charge in [-0.25, -0.2) is 9.78 Å². The van der Waals surface area contributed by atoms with Gasteiger partial charge in [-0.15, -0.1) is 11.3 Å². The SMILES string of the molecule is Cc1nc(-c2cc(C(CN)CC(=O)O)ccc2Cl)sc1C(=O)O. The molecular weight excluding hydrogens is 340 g/mol. The number of aromatic carboxylic acids is 1. The van der Waals surface area contributed by atoms with E-state index in [1.807, 2.05) is 0 Å². The Morgan fingerprint density at radius 2 is 2.09 bits per heavy atom. The van der Waals surface area contributed by atoms with E-state index in [1.54, 1.807) is 25.1 Å². The number of rotatable bonds is 6. The van der Waals surface area contributed by atoms with Gasteiger partial charge in [0, 0.05) is 11.5 Å². The number of carboxylic acid groups (broad SMARTS) is 2. The minimum Gasteiger partial charge on any atom is -0.481 e. The third kappa shape index (κ3) is 3.87. The van der Waals surface area contributed by atoms with Crippen LogP contribution in [-0.2, 0) is 4.79 Å². The molecule has 1 heterocycles. The van der Waals surface area contributed by atoms with Crippen molar-refractivity contribution in [3.63, 3.8) is 0 Å². The number of nitrogens with two attached hydrogens (primary N) is 1. The normalized spacial score (nSPS) is 12.1. The predicted molar refractivity (Wildman–Crippen MR) is 88.3 cm³/mol. The Labute approximate surface area is 141 Å². The highest BCUT2D eigenvalue weighted by Crippen LogP contribution is 2.35. The topological polar surface area (TPSA) is 114 Å². The van der Waals surface area contributed by atoms with Gasteiger partial charge < -0.3 is 15.9 Å². The zero-order valence-corrected chi connectivity index (χ0v) is 13.8. The largest absolute Gasteiger partial charge is 0.481 e. The monoisotopic (exact) mass is 354 g/mol. The standard InChI is InChI=1S/C15H15ClN2O4S/c1-7-13(15(21)22)23-14(18-7)10-4-8(2-3-11(10)16)9(6-17)5-12(19)20/h2-4,9H,5-6,17H2,1H3,(H,19,20)(H,21,22). The average molecular weight is 355 g/mol. The lowest BCUT2D eigenvalue weighted by atomic mass is 9.94. The van der Waals surface area contributed by atoms with E-state index in [2.05, 4.69) is 4.98 Å². The number of aliphatic carboxylic acids is 1. The summed E-state index contributed by atoms with van der Waals surface area (Å²) in [6.45, 7) is 1.80. The number of hydrogen-bond acceptors (Lipinski definition) is 5. The molecule has 0 bridgehead atoms. The molecule has 0 radical (unpaired) electrons. The lowest BCUT2D eigenvalue weighted by molar-refractivity contribution is -0.137. The Hall–Kier alpha value is -1.96. The maximum absolute atomic E-state index is 11.1. The molecule has 2 rings (SSSR count). The summed E-state index contributed by atoms with van der Waals surface area (Å²) in [4.78, 5) is 26.5.